The molecule has 0 bridgehead atoms. The third kappa shape index (κ3) is 4.99. The van der Waals surface area contributed by atoms with E-state index in [-0.39, 0.29) is 17.7 Å². The smallest absolute Gasteiger partial charge is 0.306 e. The predicted octanol–water partition coefficient (Wildman–Crippen LogP) is 1.97. The van der Waals surface area contributed by atoms with E-state index in [1.807, 2.05) is 14.1 Å². The molecule has 1 fully saturated rings. The summed E-state index contributed by atoms with van der Waals surface area (Å²) in [6.45, 7) is 5.01. The number of hydrogen-bond acceptors (Lipinski definition) is 3. The number of carboxylic acid groups (broad SMARTS) is 1. The summed E-state index contributed by atoms with van der Waals surface area (Å²) >= 11 is 0. The van der Waals surface area contributed by atoms with E-state index < -0.39 is 5.97 Å². The van der Waals surface area contributed by atoms with E-state index in [4.69, 9.17) is 5.11 Å². The van der Waals surface area contributed by atoms with Gasteiger partial charge in [0, 0.05) is 18.5 Å². The van der Waals surface area contributed by atoms with E-state index in [9.17, 15) is 9.59 Å². The van der Waals surface area contributed by atoms with Gasteiger partial charge in [-0.15, -0.1) is 0 Å². The summed E-state index contributed by atoms with van der Waals surface area (Å²) in [6, 6.07) is 0.334. The van der Waals surface area contributed by atoms with Crippen molar-refractivity contribution in [3.05, 3.63) is 0 Å². The fourth-order valence-electron chi connectivity index (χ4n) is 3.40. The SMILES string of the molecule is CCC(CC)C(CNC(=O)C1CCC(C(=O)O)C1)N(C)C. The number of carbonyl (C=O) groups excluding carboxylic acids is 1. The highest BCUT2D eigenvalue weighted by molar-refractivity contribution is 5.80. The Morgan fingerprint density at radius 3 is 2.19 bits per heavy atom. The fourth-order valence-corrected chi connectivity index (χ4v) is 3.40. The lowest BCUT2D eigenvalue weighted by Crippen LogP contribution is -2.45. The van der Waals surface area contributed by atoms with Crippen LogP contribution in [0.15, 0.2) is 0 Å². The van der Waals surface area contributed by atoms with E-state index in [1.165, 1.54) is 0 Å². The number of likely N-dealkylation sites (N-methyl/N-ethyl adjacent to an activating group) is 1. The summed E-state index contributed by atoms with van der Waals surface area (Å²) < 4.78 is 0. The van der Waals surface area contributed by atoms with Crippen LogP contribution in [0.4, 0.5) is 0 Å². The van der Waals surface area contributed by atoms with Crippen molar-refractivity contribution in [2.45, 2.75) is 52.0 Å². The van der Waals surface area contributed by atoms with Gasteiger partial charge in [0.15, 0.2) is 0 Å². The first kappa shape index (κ1) is 18.0. The van der Waals surface area contributed by atoms with Crippen LogP contribution >= 0.6 is 0 Å². The second kappa shape index (κ2) is 8.37. The molecular formula is C16H30N2O3. The van der Waals surface area contributed by atoms with Crippen LogP contribution in [0, 0.1) is 17.8 Å². The van der Waals surface area contributed by atoms with Crippen molar-refractivity contribution in [1.82, 2.24) is 10.2 Å². The Morgan fingerprint density at radius 2 is 1.76 bits per heavy atom. The maximum Gasteiger partial charge on any atom is 0.306 e. The highest BCUT2D eigenvalue weighted by Crippen LogP contribution is 2.31. The lowest BCUT2D eigenvalue weighted by atomic mass is 9.93. The van der Waals surface area contributed by atoms with Crippen molar-refractivity contribution in [3.63, 3.8) is 0 Å². The van der Waals surface area contributed by atoms with Gasteiger partial charge in [-0.25, -0.2) is 0 Å². The Hall–Kier alpha value is -1.10. The molecule has 0 aromatic rings. The first-order valence-electron chi connectivity index (χ1n) is 8.07. The van der Waals surface area contributed by atoms with Crippen molar-refractivity contribution in [3.8, 4) is 0 Å². The van der Waals surface area contributed by atoms with Gasteiger partial charge in [-0.1, -0.05) is 26.7 Å². The molecule has 3 atom stereocenters. The number of amides is 1. The maximum atomic E-state index is 12.2. The molecule has 1 saturated carbocycles. The largest absolute Gasteiger partial charge is 0.481 e. The first-order valence-corrected chi connectivity index (χ1v) is 8.07. The Balaban J connectivity index is 2.49. The average Bonchev–Trinajstić information content (AvgIpc) is 2.92. The Bertz CT molecular complexity index is 353. The zero-order chi connectivity index (χ0) is 16.0. The molecule has 0 spiro atoms. The number of nitrogens with zero attached hydrogens (tertiary/aromatic N) is 1. The topological polar surface area (TPSA) is 69.6 Å². The van der Waals surface area contributed by atoms with Gasteiger partial charge in [0.05, 0.1) is 5.92 Å². The van der Waals surface area contributed by atoms with Crippen LogP contribution in [0.3, 0.4) is 0 Å². The lowest BCUT2D eigenvalue weighted by molar-refractivity contribution is -0.141. The third-order valence-electron chi connectivity index (χ3n) is 4.89. The Morgan fingerprint density at radius 1 is 1.19 bits per heavy atom. The molecule has 122 valence electrons. The summed E-state index contributed by atoms with van der Waals surface area (Å²) in [5.41, 5.74) is 0. The minimum Gasteiger partial charge on any atom is -0.481 e. The van der Waals surface area contributed by atoms with Crippen molar-refractivity contribution in [1.29, 1.82) is 0 Å². The molecule has 0 aromatic heterocycles. The van der Waals surface area contributed by atoms with E-state index >= 15 is 0 Å². The second-order valence-electron chi connectivity index (χ2n) is 6.40. The zero-order valence-electron chi connectivity index (χ0n) is 13.8. The predicted molar refractivity (Wildman–Crippen MR) is 83.0 cm³/mol. The molecule has 5 heteroatoms. The summed E-state index contributed by atoms with van der Waals surface area (Å²) in [5.74, 6) is -0.652. The van der Waals surface area contributed by atoms with Crippen LogP contribution in [0.1, 0.15) is 46.0 Å². The molecule has 0 aliphatic heterocycles. The molecule has 0 saturated heterocycles. The summed E-state index contributed by atoms with van der Waals surface area (Å²) in [7, 11) is 4.09. The Kier molecular flexibility index (Phi) is 7.15. The molecule has 21 heavy (non-hydrogen) atoms. The molecule has 1 aliphatic rings. The van der Waals surface area contributed by atoms with E-state index in [0.717, 1.165) is 12.8 Å². The molecule has 0 heterocycles. The minimum atomic E-state index is -0.770. The summed E-state index contributed by atoms with van der Waals surface area (Å²) in [4.78, 5) is 25.3. The Labute approximate surface area is 128 Å². The average molecular weight is 298 g/mol. The van der Waals surface area contributed by atoms with Crippen LogP contribution in [0.25, 0.3) is 0 Å². The van der Waals surface area contributed by atoms with Gasteiger partial charge in [0.2, 0.25) is 5.91 Å². The van der Waals surface area contributed by atoms with Gasteiger partial charge in [0.25, 0.3) is 0 Å². The van der Waals surface area contributed by atoms with Crippen LogP contribution in [0.2, 0.25) is 0 Å². The van der Waals surface area contributed by atoms with Crippen LogP contribution < -0.4 is 5.32 Å². The quantitative estimate of drug-likeness (QED) is 0.719. The molecule has 0 radical (unpaired) electrons. The van der Waals surface area contributed by atoms with Crippen LogP contribution in [0.5, 0.6) is 0 Å². The molecule has 3 unspecified atom stereocenters. The van der Waals surface area contributed by atoms with Crippen molar-refractivity contribution >= 4 is 11.9 Å². The monoisotopic (exact) mass is 298 g/mol. The van der Waals surface area contributed by atoms with E-state index in [2.05, 4.69) is 24.1 Å². The third-order valence-corrected chi connectivity index (χ3v) is 4.89. The van der Waals surface area contributed by atoms with Gasteiger partial charge in [0.1, 0.15) is 0 Å². The normalized spacial score (nSPS) is 23.5. The van der Waals surface area contributed by atoms with Gasteiger partial charge < -0.3 is 15.3 Å². The van der Waals surface area contributed by atoms with E-state index in [1.54, 1.807) is 0 Å². The molecule has 1 amide bonds. The fraction of sp³-hybridized carbons (Fsp3) is 0.875. The number of hydrogen-bond donors (Lipinski definition) is 2. The molecule has 1 aliphatic carbocycles. The van der Waals surface area contributed by atoms with Gasteiger partial charge in [-0.3, -0.25) is 9.59 Å². The van der Waals surface area contributed by atoms with Crippen molar-refractivity contribution < 1.29 is 14.7 Å². The molecule has 5 nitrogen and oxygen atoms in total. The number of carboxylic acids is 1. The van der Waals surface area contributed by atoms with Gasteiger partial charge in [-0.05, 0) is 39.3 Å². The van der Waals surface area contributed by atoms with Gasteiger partial charge in [-0.2, -0.15) is 0 Å². The highest BCUT2D eigenvalue weighted by Gasteiger charge is 2.34. The summed E-state index contributed by atoms with van der Waals surface area (Å²) in [6.07, 6.45) is 4.00. The lowest BCUT2D eigenvalue weighted by Gasteiger charge is -2.31. The highest BCUT2D eigenvalue weighted by atomic mass is 16.4. The molecule has 0 aromatic carbocycles. The van der Waals surface area contributed by atoms with Gasteiger partial charge >= 0.3 is 5.97 Å². The first-order chi connectivity index (χ1) is 9.90. The van der Waals surface area contributed by atoms with E-state index in [0.29, 0.717) is 37.8 Å². The number of aliphatic carboxylic acids is 1. The number of carbonyl (C=O) groups is 2. The standard InChI is InChI=1S/C16H30N2O3/c1-5-11(6-2)14(18(3)4)10-17-15(19)12-7-8-13(9-12)16(20)21/h11-14H,5-10H2,1-4H3,(H,17,19)(H,20,21). The molecular weight excluding hydrogens is 268 g/mol. The second-order valence-corrected chi connectivity index (χ2v) is 6.40. The zero-order valence-corrected chi connectivity index (χ0v) is 13.8. The minimum absolute atomic E-state index is 0.0246. The summed E-state index contributed by atoms with van der Waals surface area (Å²) in [5, 5.41) is 12.0. The van der Waals surface area contributed by atoms with Crippen LogP contribution in [-0.2, 0) is 9.59 Å². The van der Waals surface area contributed by atoms with Crippen molar-refractivity contribution in [2.24, 2.45) is 17.8 Å². The number of nitrogens with one attached hydrogen (secondary N) is 1. The molecule has 1 rings (SSSR count). The van der Waals surface area contributed by atoms with Crippen LogP contribution in [-0.4, -0.2) is 48.6 Å². The van der Waals surface area contributed by atoms with Crippen molar-refractivity contribution in [2.75, 3.05) is 20.6 Å². The molecule has 2 N–H and O–H groups in total. The number of rotatable bonds is 8. The maximum absolute atomic E-state index is 12.2.